The van der Waals surface area contributed by atoms with E-state index < -0.39 is 12.2 Å². The van der Waals surface area contributed by atoms with Gasteiger partial charge in [0.15, 0.2) is 0 Å². The van der Waals surface area contributed by atoms with E-state index in [1.54, 1.807) is 12.1 Å². The standard InChI is InChI=1S/C19H24FN3O3S/c1-13(24)21-11-15-12-23(18(25)26-15)14-2-3-17(16(20)10-14)22-7-4-19(5-8-22)6-9-27-19/h2-3,10,15H,4-9,11-12H2,1H3,(H,21,24). The number of nitrogens with zero attached hydrogens (tertiary/aromatic N) is 2. The lowest BCUT2D eigenvalue weighted by atomic mass is 9.91. The lowest BCUT2D eigenvalue weighted by molar-refractivity contribution is -0.119. The summed E-state index contributed by atoms with van der Waals surface area (Å²) >= 11 is 2.05. The molecule has 0 aromatic heterocycles. The third kappa shape index (κ3) is 3.72. The second kappa shape index (κ2) is 7.22. The number of piperidine rings is 1. The maximum atomic E-state index is 14.8. The highest BCUT2D eigenvalue weighted by Crippen LogP contribution is 2.48. The molecule has 1 N–H and O–H groups in total. The number of amides is 2. The van der Waals surface area contributed by atoms with Crippen molar-refractivity contribution in [2.45, 2.75) is 37.0 Å². The monoisotopic (exact) mass is 393 g/mol. The summed E-state index contributed by atoms with van der Waals surface area (Å²) in [6.07, 6.45) is 2.54. The van der Waals surface area contributed by atoms with Gasteiger partial charge in [-0.3, -0.25) is 9.69 Å². The number of carbonyl (C=O) groups excluding carboxylic acids is 2. The van der Waals surface area contributed by atoms with Gasteiger partial charge in [0.25, 0.3) is 0 Å². The van der Waals surface area contributed by atoms with E-state index in [0.717, 1.165) is 25.9 Å². The number of benzene rings is 1. The van der Waals surface area contributed by atoms with Crippen molar-refractivity contribution in [3.05, 3.63) is 24.0 Å². The second-order valence-corrected chi connectivity index (χ2v) is 9.02. The molecule has 3 fully saturated rings. The van der Waals surface area contributed by atoms with Crippen molar-refractivity contribution in [3.8, 4) is 0 Å². The topological polar surface area (TPSA) is 61.9 Å². The molecule has 0 saturated carbocycles. The molecule has 0 aliphatic carbocycles. The molecule has 0 radical (unpaired) electrons. The van der Waals surface area contributed by atoms with Crippen molar-refractivity contribution in [1.29, 1.82) is 0 Å². The molecule has 27 heavy (non-hydrogen) atoms. The zero-order valence-electron chi connectivity index (χ0n) is 15.4. The lowest BCUT2D eigenvalue weighted by Gasteiger charge is -2.47. The predicted octanol–water partition coefficient (Wildman–Crippen LogP) is 2.76. The minimum Gasteiger partial charge on any atom is -0.442 e. The minimum atomic E-state index is -0.514. The summed E-state index contributed by atoms with van der Waals surface area (Å²) in [5.41, 5.74) is 1.08. The Morgan fingerprint density at radius 3 is 2.70 bits per heavy atom. The largest absolute Gasteiger partial charge is 0.442 e. The maximum Gasteiger partial charge on any atom is 0.414 e. The zero-order chi connectivity index (χ0) is 19.0. The predicted molar refractivity (Wildman–Crippen MR) is 104 cm³/mol. The molecule has 3 aliphatic rings. The van der Waals surface area contributed by atoms with Crippen LogP contribution in [0.15, 0.2) is 18.2 Å². The van der Waals surface area contributed by atoms with Gasteiger partial charge in [-0.25, -0.2) is 9.18 Å². The van der Waals surface area contributed by atoms with Crippen LogP contribution in [0.2, 0.25) is 0 Å². The first-order valence-corrected chi connectivity index (χ1v) is 10.4. The highest BCUT2D eigenvalue weighted by Gasteiger charge is 2.41. The summed E-state index contributed by atoms with van der Waals surface area (Å²) in [4.78, 5) is 26.6. The first-order chi connectivity index (χ1) is 13.0. The summed E-state index contributed by atoms with van der Waals surface area (Å²) in [5, 5.41) is 2.63. The molecular weight excluding hydrogens is 369 g/mol. The number of carbonyl (C=O) groups is 2. The van der Waals surface area contributed by atoms with Gasteiger partial charge in [0.2, 0.25) is 5.91 Å². The molecule has 3 saturated heterocycles. The molecule has 4 rings (SSSR count). The highest BCUT2D eigenvalue weighted by molar-refractivity contribution is 8.02. The summed E-state index contributed by atoms with van der Waals surface area (Å²) in [6.45, 7) is 3.70. The van der Waals surface area contributed by atoms with Crippen LogP contribution in [-0.4, -0.2) is 54.8 Å². The van der Waals surface area contributed by atoms with Gasteiger partial charge in [-0.2, -0.15) is 11.8 Å². The Morgan fingerprint density at radius 2 is 2.11 bits per heavy atom. The van der Waals surface area contributed by atoms with Crippen LogP contribution < -0.4 is 15.1 Å². The Bertz CT molecular complexity index is 746. The van der Waals surface area contributed by atoms with E-state index in [9.17, 15) is 14.0 Å². The molecule has 8 heteroatoms. The Hall–Kier alpha value is -1.96. The molecular formula is C19H24FN3O3S. The summed E-state index contributed by atoms with van der Waals surface area (Å²) in [6, 6.07) is 4.92. The van der Waals surface area contributed by atoms with Gasteiger partial charge in [0.05, 0.1) is 24.5 Å². The van der Waals surface area contributed by atoms with Crippen LogP contribution in [0.3, 0.4) is 0 Å². The van der Waals surface area contributed by atoms with E-state index in [-0.39, 0.29) is 18.3 Å². The van der Waals surface area contributed by atoms with Crippen molar-refractivity contribution >= 4 is 35.1 Å². The van der Waals surface area contributed by atoms with Gasteiger partial charge in [-0.05, 0) is 43.2 Å². The average Bonchev–Trinajstić information content (AvgIpc) is 2.99. The van der Waals surface area contributed by atoms with Crippen molar-refractivity contribution in [3.63, 3.8) is 0 Å². The molecule has 1 aromatic rings. The Kier molecular flexibility index (Phi) is 4.92. The van der Waals surface area contributed by atoms with E-state index in [1.807, 2.05) is 0 Å². The highest BCUT2D eigenvalue weighted by atomic mass is 32.2. The fourth-order valence-corrected chi connectivity index (χ4v) is 5.21. The number of thioether (sulfide) groups is 1. The van der Waals surface area contributed by atoms with Crippen LogP contribution in [0.25, 0.3) is 0 Å². The van der Waals surface area contributed by atoms with Gasteiger partial charge in [-0.15, -0.1) is 0 Å². The van der Waals surface area contributed by atoms with Crippen molar-refractivity contribution in [1.82, 2.24) is 5.32 Å². The number of ether oxygens (including phenoxy) is 1. The fraction of sp³-hybridized carbons (Fsp3) is 0.579. The van der Waals surface area contributed by atoms with Crippen LogP contribution in [0.1, 0.15) is 26.2 Å². The molecule has 2 amide bonds. The van der Waals surface area contributed by atoms with Gasteiger partial charge >= 0.3 is 6.09 Å². The first-order valence-electron chi connectivity index (χ1n) is 9.37. The average molecular weight is 393 g/mol. The van der Waals surface area contributed by atoms with Crippen LogP contribution in [0, 0.1) is 5.82 Å². The summed E-state index contributed by atoms with van der Waals surface area (Å²) in [7, 11) is 0. The number of cyclic esters (lactones) is 1. The van der Waals surface area contributed by atoms with Gasteiger partial charge in [0, 0.05) is 24.8 Å². The van der Waals surface area contributed by atoms with Crippen LogP contribution in [-0.2, 0) is 9.53 Å². The maximum absolute atomic E-state index is 14.8. The van der Waals surface area contributed by atoms with Crippen molar-refractivity contribution in [2.75, 3.05) is 41.7 Å². The number of halogens is 1. The lowest BCUT2D eigenvalue weighted by Crippen LogP contribution is -2.47. The zero-order valence-corrected chi connectivity index (χ0v) is 16.2. The number of hydrogen-bond acceptors (Lipinski definition) is 5. The van der Waals surface area contributed by atoms with E-state index in [0.29, 0.717) is 22.7 Å². The molecule has 0 bridgehead atoms. The molecule has 1 spiro atoms. The van der Waals surface area contributed by atoms with E-state index in [4.69, 9.17) is 4.74 Å². The van der Waals surface area contributed by atoms with Crippen molar-refractivity contribution in [2.24, 2.45) is 0 Å². The van der Waals surface area contributed by atoms with Crippen LogP contribution in [0.5, 0.6) is 0 Å². The SMILES string of the molecule is CC(=O)NCC1CN(c2ccc(N3CCC4(CCS4)CC3)c(F)c2)C(=O)O1. The van der Waals surface area contributed by atoms with E-state index in [2.05, 4.69) is 22.0 Å². The molecule has 6 nitrogen and oxygen atoms in total. The summed E-state index contributed by atoms with van der Waals surface area (Å²) < 4.78 is 20.5. The van der Waals surface area contributed by atoms with Crippen molar-refractivity contribution < 1.29 is 18.7 Å². The second-order valence-electron chi connectivity index (χ2n) is 7.46. The van der Waals surface area contributed by atoms with Crippen LogP contribution >= 0.6 is 11.8 Å². The summed E-state index contributed by atoms with van der Waals surface area (Å²) in [5.74, 6) is 0.754. The van der Waals surface area contributed by atoms with E-state index >= 15 is 0 Å². The molecule has 146 valence electrons. The van der Waals surface area contributed by atoms with Gasteiger partial charge in [-0.1, -0.05) is 0 Å². The number of anilines is 2. The Morgan fingerprint density at radius 1 is 1.37 bits per heavy atom. The minimum absolute atomic E-state index is 0.177. The van der Waals surface area contributed by atoms with Gasteiger partial charge in [0.1, 0.15) is 11.9 Å². The molecule has 1 aromatic carbocycles. The third-order valence-electron chi connectivity index (χ3n) is 5.68. The van der Waals surface area contributed by atoms with Crippen LogP contribution in [0.4, 0.5) is 20.6 Å². The molecule has 3 aliphatic heterocycles. The van der Waals surface area contributed by atoms with E-state index in [1.165, 1.54) is 30.1 Å². The number of hydrogen-bond donors (Lipinski definition) is 1. The Labute approximate surface area is 162 Å². The number of rotatable bonds is 4. The normalized spacial score (nSPS) is 23.9. The fourth-order valence-electron chi connectivity index (χ4n) is 3.96. The first kappa shape index (κ1) is 18.4. The molecule has 1 unspecified atom stereocenters. The quantitative estimate of drug-likeness (QED) is 0.852. The molecule has 3 heterocycles. The Balaban J connectivity index is 1.41. The van der Waals surface area contributed by atoms with Gasteiger partial charge < -0.3 is 15.0 Å². The number of nitrogens with one attached hydrogen (secondary N) is 1. The third-order valence-corrected chi connectivity index (χ3v) is 7.31. The smallest absolute Gasteiger partial charge is 0.414 e. The molecule has 1 atom stereocenters.